The predicted molar refractivity (Wildman–Crippen MR) is 84.1 cm³/mol. The SMILES string of the molecule is COc1cc([N+](=O)[O-])c(Cl)cc1NC(=O)c1ccccc1Cl. The average molecular weight is 341 g/mol. The van der Waals surface area contributed by atoms with Gasteiger partial charge in [0.15, 0.2) is 0 Å². The number of amides is 1. The second kappa shape index (κ2) is 6.64. The Labute approximate surface area is 135 Å². The van der Waals surface area contributed by atoms with Crippen LogP contribution in [-0.4, -0.2) is 17.9 Å². The van der Waals surface area contributed by atoms with Crippen molar-refractivity contribution in [1.82, 2.24) is 0 Å². The second-order valence-corrected chi connectivity index (χ2v) is 5.01. The maximum absolute atomic E-state index is 12.2. The molecule has 2 aromatic carbocycles. The normalized spacial score (nSPS) is 10.1. The summed E-state index contributed by atoms with van der Waals surface area (Å²) in [6.45, 7) is 0. The summed E-state index contributed by atoms with van der Waals surface area (Å²) in [6.07, 6.45) is 0. The van der Waals surface area contributed by atoms with Crippen LogP contribution in [0.5, 0.6) is 5.75 Å². The van der Waals surface area contributed by atoms with E-state index in [4.69, 9.17) is 27.9 Å². The Morgan fingerprint density at radius 1 is 1.23 bits per heavy atom. The van der Waals surface area contributed by atoms with E-state index in [1.165, 1.54) is 13.2 Å². The third-order valence-corrected chi connectivity index (χ3v) is 3.46. The molecule has 22 heavy (non-hydrogen) atoms. The molecule has 0 atom stereocenters. The molecule has 0 unspecified atom stereocenters. The Morgan fingerprint density at radius 3 is 2.50 bits per heavy atom. The molecule has 8 heteroatoms. The van der Waals surface area contributed by atoms with Gasteiger partial charge < -0.3 is 10.1 Å². The fraction of sp³-hybridized carbons (Fsp3) is 0.0714. The first-order valence-corrected chi connectivity index (χ1v) is 6.77. The predicted octanol–water partition coefficient (Wildman–Crippen LogP) is 4.16. The van der Waals surface area contributed by atoms with Gasteiger partial charge in [0.05, 0.1) is 34.4 Å². The van der Waals surface area contributed by atoms with E-state index in [0.29, 0.717) is 0 Å². The molecular weight excluding hydrogens is 331 g/mol. The van der Waals surface area contributed by atoms with Gasteiger partial charge in [-0.1, -0.05) is 35.3 Å². The number of nitro groups is 1. The highest BCUT2D eigenvalue weighted by molar-refractivity contribution is 6.35. The fourth-order valence-corrected chi connectivity index (χ4v) is 2.24. The Morgan fingerprint density at radius 2 is 1.91 bits per heavy atom. The van der Waals surface area contributed by atoms with Crippen molar-refractivity contribution in [3.8, 4) is 5.75 Å². The summed E-state index contributed by atoms with van der Waals surface area (Å²) in [5.41, 5.74) is 0.165. The lowest BCUT2D eigenvalue weighted by molar-refractivity contribution is -0.384. The summed E-state index contributed by atoms with van der Waals surface area (Å²) in [4.78, 5) is 22.4. The molecular formula is C14H10Cl2N2O4. The first kappa shape index (κ1) is 16.1. The number of methoxy groups -OCH3 is 1. The number of hydrogen-bond acceptors (Lipinski definition) is 4. The van der Waals surface area contributed by atoms with Crippen LogP contribution in [0.25, 0.3) is 0 Å². The van der Waals surface area contributed by atoms with Gasteiger partial charge in [0.25, 0.3) is 11.6 Å². The number of halogens is 2. The molecule has 0 saturated heterocycles. The molecule has 0 spiro atoms. The molecule has 0 bridgehead atoms. The summed E-state index contributed by atoms with van der Waals surface area (Å²) in [5.74, 6) is -0.356. The second-order valence-electron chi connectivity index (χ2n) is 4.19. The number of nitro benzene ring substituents is 1. The summed E-state index contributed by atoms with van der Waals surface area (Å²) >= 11 is 11.8. The minimum atomic E-state index is -0.634. The van der Waals surface area contributed by atoms with E-state index in [2.05, 4.69) is 5.32 Å². The van der Waals surface area contributed by atoms with Gasteiger partial charge in [0.2, 0.25) is 0 Å². The van der Waals surface area contributed by atoms with Crippen LogP contribution in [0.2, 0.25) is 10.0 Å². The van der Waals surface area contributed by atoms with Crippen LogP contribution >= 0.6 is 23.2 Å². The lowest BCUT2D eigenvalue weighted by Gasteiger charge is -2.11. The van der Waals surface area contributed by atoms with E-state index in [0.717, 1.165) is 6.07 Å². The van der Waals surface area contributed by atoms with E-state index in [1.807, 2.05) is 0 Å². The number of carbonyl (C=O) groups excluding carboxylic acids is 1. The quantitative estimate of drug-likeness (QED) is 0.669. The molecule has 0 radical (unpaired) electrons. The largest absolute Gasteiger partial charge is 0.494 e. The molecule has 0 saturated carbocycles. The average Bonchev–Trinajstić information content (AvgIpc) is 2.47. The fourth-order valence-electron chi connectivity index (χ4n) is 1.78. The topological polar surface area (TPSA) is 81.5 Å². The first-order valence-electron chi connectivity index (χ1n) is 6.02. The van der Waals surface area contributed by atoms with E-state index < -0.39 is 10.8 Å². The molecule has 0 aliphatic rings. The Kier molecular flexibility index (Phi) is 4.85. The molecule has 1 N–H and O–H groups in total. The summed E-state index contributed by atoms with van der Waals surface area (Å²) in [5, 5.41) is 13.6. The number of carbonyl (C=O) groups is 1. The molecule has 2 aromatic rings. The molecule has 114 valence electrons. The van der Waals surface area contributed by atoms with Crippen LogP contribution in [0.3, 0.4) is 0 Å². The highest BCUT2D eigenvalue weighted by Crippen LogP contribution is 2.36. The van der Waals surface area contributed by atoms with Crippen molar-refractivity contribution in [2.45, 2.75) is 0 Å². The van der Waals surface area contributed by atoms with Crippen molar-refractivity contribution >= 4 is 40.5 Å². The van der Waals surface area contributed by atoms with Gasteiger partial charge in [-0.2, -0.15) is 0 Å². The Balaban J connectivity index is 2.37. The van der Waals surface area contributed by atoms with Crippen molar-refractivity contribution in [3.63, 3.8) is 0 Å². The van der Waals surface area contributed by atoms with Gasteiger partial charge in [-0.25, -0.2) is 0 Å². The number of rotatable bonds is 4. The summed E-state index contributed by atoms with van der Waals surface area (Å²) < 4.78 is 5.05. The molecule has 0 aromatic heterocycles. The van der Waals surface area contributed by atoms with Gasteiger partial charge in [-0.15, -0.1) is 0 Å². The number of nitrogens with one attached hydrogen (secondary N) is 1. The van der Waals surface area contributed by atoms with E-state index in [9.17, 15) is 14.9 Å². The van der Waals surface area contributed by atoms with Gasteiger partial charge in [0, 0.05) is 0 Å². The van der Waals surface area contributed by atoms with Gasteiger partial charge in [-0.05, 0) is 18.2 Å². The standard InChI is InChI=1S/C14H10Cl2N2O4/c1-22-13-7-12(18(20)21)10(16)6-11(13)17-14(19)8-4-2-3-5-9(8)15/h2-7H,1H3,(H,17,19). The van der Waals surface area contributed by atoms with E-state index in [-0.39, 0.29) is 32.7 Å². The first-order chi connectivity index (χ1) is 10.4. The number of benzene rings is 2. The summed E-state index contributed by atoms with van der Waals surface area (Å²) in [6, 6.07) is 8.90. The molecule has 0 aliphatic carbocycles. The Bertz CT molecular complexity index is 750. The zero-order valence-electron chi connectivity index (χ0n) is 11.3. The van der Waals surface area contributed by atoms with Crippen LogP contribution in [0.15, 0.2) is 36.4 Å². The molecule has 0 fully saturated rings. The number of ether oxygens (including phenoxy) is 1. The van der Waals surface area contributed by atoms with Gasteiger partial charge in [0.1, 0.15) is 10.8 Å². The smallest absolute Gasteiger partial charge is 0.291 e. The van der Waals surface area contributed by atoms with Crippen LogP contribution in [0.4, 0.5) is 11.4 Å². The van der Waals surface area contributed by atoms with Crippen molar-refractivity contribution in [2.24, 2.45) is 0 Å². The summed E-state index contributed by atoms with van der Waals surface area (Å²) in [7, 11) is 1.33. The molecule has 0 heterocycles. The minimum absolute atomic E-state index is 0.111. The lowest BCUT2D eigenvalue weighted by Crippen LogP contribution is -2.13. The molecule has 2 rings (SSSR count). The van der Waals surface area contributed by atoms with E-state index in [1.54, 1.807) is 24.3 Å². The maximum atomic E-state index is 12.2. The molecule has 0 aliphatic heterocycles. The van der Waals surface area contributed by atoms with Crippen molar-refractivity contribution in [1.29, 1.82) is 0 Å². The maximum Gasteiger partial charge on any atom is 0.291 e. The highest BCUT2D eigenvalue weighted by Gasteiger charge is 2.19. The van der Waals surface area contributed by atoms with Crippen LogP contribution < -0.4 is 10.1 Å². The number of hydrogen-bond donors (Lipinski definition) is 1. The van der Waals surface area contributed by atoms with Crippen molar-refractivity contribution < 1.29 is 14.5 Å². The van der Waals surface area contributed by atoms with Crippen molar-refractivity contribution in [2.75, 3.05) is 12.4 Å². The highest BCUT2D eigenvalue weighted by atomic mass is 35.5. The van der Waals surface area contributed by atoms with Crippen LogP contribution in [0, 0.1) is 10.1 Å². The molecule has 1 amide bonds. The minimum Gasteiger partial charge on any atom is -0.494 e. The number of nitrogens with zero attached hydrogens (tertiary/aromatic N) is 1. The third-order valence-electron chi connectivity index (χ3n) is 2.83. The van der Waals surface area contributed by atoms with Crippen LogP contribution in [-0.2, 0) is 0 Å². The van der Waals surface area contributed by atoms with Crippen molar-refractivity contribution in [3.05, 3.63) is 62.1 Å². The third kappa shape index (κ3) is 3.29. The zero-order chi connectivity index (χ0) is 16.3. The van der Waals surface area contributed by atoms with Crippen LogP contribution in [0.1, 0.15) is 10.4 Å². The Hall–Kier alpha value is -2.31. The lowest BCUT2D eigenvalue weighted by atomic mass is 10.2. The van der Waals surface area contributed by atoms with Gasteiger partial charge in [-0.3, -0.25) is 14.9 Å². The number of anilines is 1. The zero-order valence-corrected chi connectivity index (χ0v) is 12.8. The molecule has 6 nitrogen and oxygen atoms in total. The monoisotopic (exact) mass is 340 g/mol. The van der Waals surface area contributed by atoms with E-state index >= 15 is 0 Å². The van der Waals surface area contributed by atoms with Gasteiger partial charge >= 0.3 is 0 Å².